The molecule has 0 aliphatic heterocycles. The number of nitrogens with zero attached hydrogens (tertiary/aromatic N) is 3. The molecule has 0 aliphatic carbocycles. The van der Waals surface area contributed by atoms with Crippen molar-refractivity contribution in [1.29, 1.82) is 0 Å². The third kappa shape index (κ3) is 3.74. The predicted octanol–water partition coefficient (Wildman–Crippen LogP) is -0.0182. The Balaban J connectivity index is 2.55. The minimum Gasteiger partial charge on any atom is -0.480 e. The number of urea groups is 1. The van der Waals surface area contributed by atoms with Gasteiger partial charge in [0.1, 0.15) is 18.7 Å². The van der Waals surface area contributed by atoms with Crippen LogP contribution in [0.1, 0.15) is 25.7 Å². The van der Waals surface area contributed by atoms with E-state index < -0.39 is 12.0 Å². The smallest absolute Gasteiger partial charge is 0.323 e. The molecule has 0 bridgehead atoms. The molecule has 1 rings (SSSR count). The van der Waals surface area contributed by atoms with Gasteiger partial charge in [-0.3, -0.25) is 9.89 Å². The Hall–Kier alpha value is -2.12. The number of carbonyl (C=O) groups excluding carboxylic acids is 1. The van der Waals surface area contributed by atoms with Crippen LogP contribution in [0.5, 0.6) is 0 Å². The maximum absolute atomic E-state index is 11.7. The highest BCUT2D eigenvalue weighted by Gasteiger charge is 2.18. The number of carboxylic acids is 1. The zero-order chi connectivity index (χ0) is 12.8. The number of aromatic nitrogens is 3. The number of rotatable bonds is 5. The quantitative estimate of drug-likeness (QED) is 0.671. The number of carbonyl (C=O) groups is 2. The maximum atomic E-state index is 11.7. The number of aliphatic carboxylic acids is 1. The molecule has 94 valence electrons. The third-order valence-electron chi connectivity index (χ3n) is 2.18. The first kappa shape index (κ1) is 12.9. The van der Waals surface area contributed by atoms with Gasteiger partial charge in [0.15, 0.2) is 0 Å². The molecule has 0 aromatic carbocycles. The van der Waals surface area contributed by atoms with Crippen LogP contribution in [0.3, 0.4) is 0 Å². The normalized spacial score (nSPS) is 11.9. The zero-order valence-electron chi connectivity index (χ0n) is 9.67. The molecule has 0 saturated carbocycles. The van der Waals surface area contributed by atoms with Gasteiger partial charge >= 0.3 is 12.0 Å². The summed E-state index contributed by atoms with van der Waals surface area (Å²) in [5, 5.41) is 17.6. The topological polar surface area (TPSA) is 111 Å². The van der Waals surface area contributed by atoms with Crippen molar-refractivity contribution in [3.05, 3.63) is 12.2 Å². The Labute approximate surface area is 98.0 Å². The lowest BCUT2D eigenvalue weighted by molar-refractivity contribution is -0.137. The Bertz CT molecular complexity index is 378. The summed E-state index contributed by atoms with van der Waals surface area (Å²) in [7, 11) is 0. The molecule has 1 unspecified atom stereocenters. The van der Waals surface area contributed by atoms with E-state index in [1.807, 2.05) is 0 Å². The number of H-pyrrole nitrogens is 1. The molecular formula is C9H15N5O3. The molecule has 0 fully saturated rings. The minimum atomic E-state index is -1.05. The Kier molecular flexibility index (Phi) is 4.44. The van der Waals surface area contributed by atoms with Crippen LogP contribution in [-0.2, 0) is 4.79 Å². The number of hydrogen-bond donors (Lipinski definition) is 3. The van der Waals surface area contributed by atoms with Crippen molar-refractivity contribution < 1.29 is 14.7 Å². The van der Waals surface area contributed by atoms with Crippen LogP contribution in [0.25, 0.3) is 0 Å². The highest BCUT2D eigenvalue weighted by Crippen LogP contribution is 2.04. The number of hydrogen-bond acceptors (Lipinski definition) is 4. The first-order chi connectivity index (χ1) is 8.04. The Morgan fingerprint density at radius 3 is 2.82 bits per heavy atom. The maximum Gasteiger partial charge on any atom is 0.323 e. The summed E-state index contributed by atoms with van der Waals surface area (Å²) in [5.41, 5.74) is 0. The first-order valence-corrected chi connectivity index (χ1v) is 5.17. The average Bonchev–Trinajstić information content (AvgIpc) is 2.78. The summed E-state index contributed by atoms with van der Waals surface area (Å²) >= 11 is 0. The fourth-order valence-corrected chi connectivity index (χ4v) is 1.26. The van der Waals surface area contributed by atoms with E-state index in [4.69, 9.17) is 5.11 Å². The van der Waals surface area contributed by atoms with E-state index in [0.717, 1.165) is 0 Å². The first-order valence-electron chi connectivity index (χ1n) is 5.17. The lowest BCUT2D eigenvalue weighted by atomic mass is 10.3. The second kappa shape index (κ2) is 5.83. The monoisotopic (exact) mass is 241 g/mol. The Morgan fingerprint density at radius 1 is 1.65 bits per heavy atom. The number of likely N-dealkylation sites (N-methyl/N-ethyl adjacent to an activating group) is 1. The van der Waals surface area contributed by atoms with E-state index in [1.165, 1.54) is 11.2 Å². The average molecular weight is 241 g/mol. The summed E-state index contributed by atoms with van der Waals surface area (Å²) in [6, 6.07) is -0.799. The van der Waals surface area contributed by atoms with Crippen molar-refractivity contribution in [2.24, 2.45) is 0 Å². The molecule has 1 atom stereocenters. The molecule has 8 nitrogen and oxygen atoms in total. The van der Waals surface area contributed by atoms with Gasteiger partial charge in [0, 0.05) is 6.54 Å². The van der Waals surface area contributed by atoms with E-state index in [0.29, 0.717) is 12.4 Å². The van der Waals surface area contributed by atoms with E-state index in [2.05, 4.69) is 20.5 Å². The summed E-state index contributed by atoms with van der Waals surface area (Å²) in [4.78, 5) is 27.3. The van der Waals surface area contributed by atoms with Gasteiger partial charge in [-0.15, -0.1) is 0 Å². The number of carboxylic acid groups (broad SMARTS) is 1. The molecule has 1 heterocycles. The molecule has 2 amide bonds. The Morgan fingerprint density at radius 2 is 2.35 bits per heavy atom. The van der Waals surface area contributed by atoms with Gasteiger partial charge in [0.25, 0.3) is 0 Å². The summed E-state index contributed by atoms with van der Waals surface area (Å²) < 4.78 is 0. The van der Waals surface area contributed by atoms with Crippen LogP contribution in [-0.4, -0.2) is 50.3 Å². The molecule has 0 saturated heterocycles. The molecule has 1 aromatic heterocycles. The lowest BCUT2D eigenvalue weighted by Gasteiger charge is -2.21. The van der Waals surface area contributed by atoms with Gasteiger partial charge in [0.05, 0.1) is 6.04 Å². The number of amides is 2. The minimum absolute atomic E-state index is 0.321. The van der Waals surface area contributed by atoms with Crippen LogP contribution in [0.2, 0.25) is 0 Å². The van der Waals surface area contributed by atoms with Crippen LogP contribution in [0, 0.1) is 0 Å². The van der Waals surface area contributed by atoms with Crippen molar-refractivity contribution >= 4 is 12.0 Å². The third-order valence-corrected chi connectivity index (χ3v) is 2.18. The molecular weight excluding hydrogens is 226 g/mol. The van der Waals surface area contributed by atoms with Gasteiger partial charge in [-0.05, 0) is 13.8 Å². The van der Waals surface area contributed by atoms with E-state index >= 15 is 0 Å². The second-order valence-electron chi connectivity index (χ2n) is 3.45. The summed E-state index contributed by atoms with van der Waals surface area (Å²) in [6.45, 7) is 3.43. The van der Waals surface area contributed by atoms with Gasteiger partial charge in [-0.2, -0.15) is 5.10 Å². The van der Waals surface area contributed by atoms with Gasteiger partial charge in [-0.1, -0.05) is 0 Å². The summed E-state index contributed by atoms with van der Waals surface area (Å²) in [5.74, 6) is -0.529. The van der Waals surface area contributed by atoms with Crippen LogP contribution in [0.15, 0.2) is 6.33 Å². The standard InChI is InChI=1S/C9H15N5O3/c1-3-14(4-7(15)16)9(17)12-6(2)8-10-5-11-13-8/h5-6H,3-4H2,1-2H3,(H,12,17)(H,15,16)(H,10,11,13). The number of aromatic amines is 1. The largest absolute Gasteiger partial charge is 0.480 e. The predicted molar refractivity (Wildman–Crippen MR) is 58.2 cm³/mol. The molecule has 17 heavy (non-hydrogen) atoms. The summed E-state index contributed by atoms with van der Waals surface area (Å²) in [6.07, 6.45) is 1.34. The van der Waals surface area contributed by atoms with Crippen molar-refractivity contribution in [3.8, 4) is 0 Å². The molecule has 1 aromatic rings. The molecule has 0 spiro atoms. The second-order valence-corrected chi connectivity index (χ2v) is 3.45. The van der Waals surface area contributed by atoms with Crippen LogP contribution < -0.4 is 5.32 Å². The zero-order valence-corrected chi connectivity index (χ0v) is 9.67. The lowest BCUT2D eigenvalue weighted by Crippen LogP contribution is -2.43. The van der Waals surface area contributed by atoms with Gasteiger partial charge < -0.3 is 15.3 Å². The number of nitrogens with one attached hydrogen (secondary N) is 2. The van der Waals surface area contributed by atoms with Crippen molar-refractivity contribution in [2.45, 2.75) is 19.9 Å². The van der Waals surface area contributed by atoms with E-state index in [9.17, 15) is 9.59 Å². The molecule has 8 heteroatoms. The van der Waals surface area contributed by atoms with Crippen molar-refractivity contribution in [2.75, 3.05) is 13.1 Å². The van der Waals surface area contributed by atoms with Crippen LogP contribution in [0.4, 0.5) is 4.79 Å². The SMILES string of the molecule is CCN(CC(=O)O)C(=O)NC(C)c1ncn[nH]1. The molecule has 0 aliphatic rings. The van der Waals surface area contributed by atoms with E-state index in [-0.39, 0.29) is 12.6 Å². The molecule has 0 radical (unpaired) electrons. The van der Waals surface area contributed by atoms with Crippen molar-refractivity contribution in [1.82, 2.24) is 25.4 Å². The highest BCUT2D eigenvalue weighted by molar-refractivity contribution is 5.80. The van der Waals surface area contributed by atoms with Gasteiger partial charge in [0.2, 0.25) is 0 Å². The highest BCUT2D eigenvalue weighted by atomic mass is 16.4. The molecule has 3 N–H and O–H groups in total. The van der Waals surface area contributed by atoms with E-state index in [1.54, 1.807) is 13.8 Å². The fraction of sp³-hybridized carbons (Fsp3) is 0.556. The fourth-order valence-electron chi connectivity index (χ4n) is 1.26. The van der Waals surface area contributed by atoms with Gasteiger partial charge in [-0.25, -0.2) is 9.78 Å². The van der Waals surface area contributed by atoms with Crippen molar-refractivity contribution in [3.63, 3.8) is 0 Å². The van der Waals surface area contributed by atoms with Crippen LogP contribution >= 0.6 is 0 Å².